The Kier molecular flexibility index (Phi) is 3.33. The largest absolute Gasteiger partial charge is 0.242 e. The summed E-state index contributed by atoms with van der Waals surface area (Å²) in [6, 6.07) is 9.60. The molecule has 0 aliphatic carbocycles. The van der Waals surface area contributed by atoms with E-state index in [2.05, 4.69) is 20.2 Å². The van der Waals surface area contributed by atoms with Gasteiger partial charge in [-0.1, -0.05) is 25.1 Å². The Hall–Kier alpha value is -2.10. The lowest BCUT2D eigenvalue weighted by Crippen LogP contribution is -1.87. The van der Waals surface area contributed by atoms with Crippen LogP contribution in [0.3, 0.4) is 0 Å². The van der Waals surface area contributed by atoms with E-state index in [1.54, 1.807) is 6.20 Å². The zero-order valence-electron chi connectivity index (χ0n) is 9.04. The summed E-state index contributed by atoms with van der Waals surface area (Å²) in [7, 11) is 0. The molecule has 0 spiro atoms. The molecule has 0 fully saturated rings. The van der Waals surface area contributed by atoms with Gasteiger partial charge in [-0.2, -0.15) is 5.11 Å². The van der Waals surface area contributed by atoms with Crippen molar-refractivity contribution in [3.8, 4) is 0 Å². The van der Waals surface area contributed by atoms with Crippen molar-refractivity contribution in [2.45, 2.75) is 13.3 Å². The van der Waals surface area contributed by atoms with E-state index in [0.29, 0.717) is 0 Å². The molecule has 1 heterocycles. The maximum atomic E-state index is 4.15. The number of aromatic nitrogens is 2. The second-order valence-corrected chi connectivity index (χ2v) is 3.24. The summed E-state index contributed by atoms with van der Waals surface area (Å²) in [5.41, 5.74) is 2.47. The van der Waals surface area contributed by atoms with Crippen LogP contribution in [-0.4, -0.2) is 9.97 Å². The highest BCUT2D eigenvalue weighted by Gasteiger charge is 1.99. The molecule has 1 aromatic carbocycles. The van der Waals surface area contributed by atoms with Crippen LogP contribution in [-0.2, 0) is 6.42 Å². The Labute approximate surface area is 94.1 Å². The average molecular weight is 212 g/mol. The van der Waals surface area contributed by atoms with Gasteiger partial charge in [0.1, 0.15) is 12.0 Å². The Bertz CT molecular complexity index is 479. The molecule has 0 aliphatic heterocycles. The molecule has 0 bridgehead atoms. The number of aryl methyl sites for hydroxylation is 1. The number of rotatable bonds is 3. The highest BCUT2D eigenvalue weighted by molar-refractivity contribution is 5.40. The fraction of sp³-hybridized carbons (Fsp3) is 0.167. The molecule has 2 rings (SSSR count). The van der Waals surface area contributed by atoms with Crippen LogP contribution in [0.5, 0.6) is 0 Å². The lowest BCUT2D eigenvalue weighted by atomic mass is 10.3. The first-order chi connectivity index (χ1) is 7.90. The van der Waals surface area contributed by atoms with Gasteiger partial charge in [0.15, 0.2) is 0 Å². The second-order valence-electron chi connectivity index (χ2n) is 3.24. The van der Waals surface area contributed by atoms with Crippen LogP contribution in [0.2, 0.25) is 0 Å². The van der Waals surface area contributed by atoms with Gasteiger partial charge in [-0.05, 0) is 18.6 Å². The third-order valence-electron chi connectivity index (χ3n) is 2.14. The van der Waals surface area contributed by atoms with Crippen LogP contribution in [0.15, 0.2) is 53.1 Å². The van der Waals surface area contributed by atoms with Gasteiger partial charge in [-0.25, -0.2) is 9.97 Å². The van der Waals surface area contributed by atoms with Gasteiger partial charge >= 0.3 is 0 Å². The highest BCUT2D eigenvalue weighted by Crippen LogP contribution is 2.19. The number of hydrogen-bond donors (Lipinski definition) is 0. The lowest BCUT2D eigenvalue weighted by Gasteiger charge is -1.98. The van der Waals surface area contributed by atoms with Crippen LogP contribution < -0.4 is 0 Å². The van der Waals surface area contributed by atoms with E-state index in [4.69, 9.17) is 0 Å². The topological polar surface area (TPSA) is 50.5 Å². The summed E-state index contributed by atoms with van der Waals surface area (Å²) >= 11 is 0. The Balaban J connectivity index is 2.24. The first-order valence-corrected chi connectivity index (χ1v) is 5.16. The molecule has 0 aliphatic rings. The molecular weight excluding hydrogens is 200 g/mol. The fourth-order valence-electron chi connectivity index (χ4n) is 1.31. The number of nitrogens with zero attached hydrogens (tertiary/aromatic N) is 4. The minimum absolute atomic E-state index is 0.730. The number of benzene rings is 1. The second kappa shape index (κ2) is 5.11. The minimum Gasteiger partial charge on any atom is -0.242 e. The van der Waals surface area contributed by atoms with Crippen molar-refractivity contribution in [2.75, 3.05) is 0 Å². The zero-order valence-corrected chi connectivity index (χ0v) is 9.04. The van der Waals surface area contributed by atoms with Gasteiger partial charge in [0.2, 0.25) is 0 Å². The van der Waals surface area contributed by atoms with Crippen molar-refractivity contribution in [3.63, 3.8) is 0 Å². The van der Waals surface area contributed by atoms with Crippen LogP contribution >= 0.6 is 0 Å². The first kappa shape index (κ1) is 10.4. The van der Waals surface area contributed by atoms with E-state index in [9.17, 15) is 0 Å². The third-order valence-corrected chi connectivity index (χ3v) is 2.14. The summed E-state index contributed by atoms with van der Waals surface area (Å²) in [5, 5.41) is 8.28. The molecule has 0 atom stereocenters. The van der Waals surface area contributed by atoms with Gasteiger partial charge in [0.05, 0.1) is 17.6 Å². The van der Waals surface area contributed by atoms with Gasteiger partial charge in [-0.15, -0.1) is 5.11 Å². The molecule has 0 N–H and O–H groups in total. The average Bonchev–Trinajstić information content (AvgIpc) is 2.38. The van der Waals surface area contributed by atoms with Crippen LogP contribution in [0.4, 0.5) is 11.4 Å². The van der Waals surface area contributed by atoms with Crippen molar-refractivity contribution in [1.29, 1.82) is 0 Å². The molecule has 16 heavy (non-hydrogen) atoms. The maximum absolute atomic E-state index is 4.15. The molecule has 0 saturated heterocycles. The Morgan fingerprint density at radius 3 is 2.69 bits per heavy atom. The van der Waals surface area contributed by atoms with E-state index < -0.39 is 0 Å². The molecule has 4 heteroatoms. The Morgan fingerprint density at radius 1 is 1.12 bits per heavy atom. The summed E-state index contributed by atoms with van der Waals surface area (Å²) in [6.07, 6.45) is 4.03. The van der Waals surface area contributed by atoms with Crippen molar-refractivity contribution >= 4 is 11.4 Å². The van der Waals surface area contributed by atoms with Gasteiger partial charge in [0, 0.05) is 0 Å². The molecule has 4 nitrogen and oxygen atoms in total. The van der Waals surface area contributed by atoms with Gasteiger partial charge in [0.25, 0.3) is 0 Å². The summed E-state index contributed by atoms with van der Waals surface area (Å²) in [4.78, 5) is 8.09. The zero-order chi connectivity index (χ0) is 11.2. The molecule has 0 unspecified atom stereocenters. The van der Waals surface area contributed by atoms with E-state index in [0.717, 1.165) is 23.5 Å². The molecule has 0 saturated carbocycles. The lowest BCUT2D eigenvalue weighted by molar-refractivity contribution is 0.982. The van der Waals surface area contributed by atoms with E-state index in [1.807, 2.05) is 37.3 Å². The summed E-state index contributed by atoms with van der Waals surface area (Å²) < 4.78 is 0. The molecule has 80 valence electrons. The van der Waals surface area contributed by atoms with Crippen molar-refractivity contribution in [2.24, 2.45) is 10.2 Å². The van der Waals surface area contributed by atoms with Gasteiger partial charge < -0.3 is 0 Å². The standard InChI is InChI=1S/C12H12N4/c1-2-11-12(8-13-9-14-11)16-15-10-6-4-3-5-7-10/h3-9H,2H2,1H3. The molecular formula is C12H12N4. The molecule has 0 radical (unpaired) electrons. The van der Waals surface area contributed by atoms with Crippen molar-refractivity contribution in [3.05, 3.63) is 48.5 Å². The van der Waals surface area contributed by atoms with Gasteiger partial charge in [-0.3, -0.25) is 0 Å². The molecule has 0 amide bonds. The number of azo groups is 1. The van der Waals surface area contributed by atoms with E-state index in [1.165, 1.54) is 6.33 Å². The maximum Gasteiger partial charge on any atom is 0.125 e. The first-order valence-electron chi connectivity index (χ1n) is 5.16. The predicted octanol–water partition coefficient (Wildman–Crippen LogP) is 3.45. The van der Waals surface area contributed by atoms with Crippen molar-refractivity contribution < 1.29 is 0 Å². The summed E-state index contributed by atoms with van der Waals surface area (Å²) in [6.45, 7) is 2.03. The minimum atomic E-state index is 0.730. The number of hydrogen-bond acceptors (Lipinski definition) is 4. The Morgan fingerprint density at radius 2 is 1.94 bits per heavy atom. The van der Waals surface area contributed by atoms with Crippen LogP contribution in [0.25, 0.3) is 0 Å². The smallest absolute Gasteiger partial charge is 0.125 e. The molecule has 2 aromatic rings. The fourth-order valence-corrected chi connectivity index (χ4v) is 1.31. The quantitative estimate of drug-likeness (QED) is 0.731. The normalized spacial score (nSPS) is 10.8. The predicted molar refractivity (Wildman–Crippen MR) is 62.0 cm³/mol. The van der Waals surface area contributed by atoms with Crippen LogP contribution in [0, 0.1) is 0 Å². The van der Waals surface area contributed by atoms with Crippen LogP contribution in [0.1, 0.15) is 12.6 Å². The van der Waals surface area contributed by atoms with E-state index in [-0.39, 0.29) is 0 Å². The van der Waals surface area contributed by atoms with E-state index >= 15 is 0 Å². The highest BCUT2D eigenvalue weighted by atomic mass is 15.1. The summed E-state index contributed by atoms with van der Waals surface area (Å²) in [5.74, 6) is 0. The monoisotopic (exact) mass is 212 g/mol. The SMILES string of the molecule is CCc1ncncc1N=Nc1ccccc1. The molecule has 1 aromatic heterocycles. The third kappa shape index (κ3) is 2.48. The van der Waals surface area contributed by atoms with Crippen molar-refractivity contribution in [1.82, 2.24) is 9.97 Å².